The van der Waals surface area contributed by atoms with Gasteiger partial charge in [0.05, 0.1) is 5.69 Å². The second-order valence-corrected chi connectivity index (χ2v) is 9.63. The van der Waals surface area contributed by atoms with E-state index >= 15 is 0 Å². The molecule has 0 saturated carbocycles. The minimum absolute atomic E-state index is 0.0196. The predicted octanol–water partition coefficient (Wildman–Crippen LogP) is 2.13. The fourth-order valence-electron chi connectivity index (χ4n) is 4.79. The van der Waals surface area contributed by atoms with Crippen molar-refractivity contribution in [3.8, 4) is 5.75 Å². The van der Waals surface area contributed by atoms with Crippen LogP contribution in [0, 0.1) is 6.92 Å². The molecule has 0 spiro atoms. The van der Waals surface area contributed by atoms with Gasteiger partial charge in [-0.1, -0.05) is 35.9 Å². The third-order valence-electron chi connectivity index (χ3n) is 6.98. The Morgan fingerprint density at radius 1 is 0.892 bits per heavy atom. The number of benzene rings is 2. The number of hydrogen-bond acceptors (Lipinski definition) is 7. The molecule has 0 atom stereocenters. The highest BCUT2D eigenvalue weighted by atomic mass is 16.5. The Hall–Kier alpha value is -3.85. The molecule has 0 radical (unpaired) electrons. The normalized spacial score (nSPS) is 16.6. The molecule has 2 aromatic carbocycles. The number of carbonyl (C=O) groups is 1. The second kappa shape index (κ2) is 11.5. The van der Waals surface area contributed by atoms with Gasteiger partial charge in [0, 0.05) is 70.7 Å². The van der Waals surface area contributed by atoms with Gasteiger partial charge in [-0.25, -0.2) is 4.98 Å². The lowest BCUT2D eigenvalue weighted by Gasteiger charge is -2.36. The van der Waals surface area contributed by atoms with E-state index in [-0.39, 0.29) is 18.1 Å². The standard InChI is InChI=1S/C28H34N6O3/c1-22-7-9-24(10-8-22)32-13-11-31(12-14-32)20-23-19-26(35)30-28(29-23)34-17-15-33(16-18-34)27(36)21-37-25-5-3-2-4-6-25/h2-10,19H,11-18,20-21H2,1H3,(H,29,30,35). The molecular formula is C28H34N6O3. The lowest BCUT2D eigenvalue weighted by atomic mass is 10.2. The first kappa shape index (κ1) is 24.8. The number of amides is 1. The van der Waals surface area contributed by atoms with Crippen LogP contribution < -0.4 is 20.1 Å². The van der Waals surface area contributed by atoms with Crippen molar-refractivity contribution in [3.05, 3.63) is 82.3 Å². The summed E-state index contributed by atoms with van der Waals surface area (Å²) in [7, 11) is 0. The fourth-order valence-corrected chi connectivity index (χ4v) is 4.79. The Bertz CT molecular complexity index is 1230. The highest BCUT2D eigenvalue weighted by Gasteiger charge is 2.24. The minimum Gasteiger partial charge on any atom is -0.484 e. The minimum atomic E-state index is -0.145. The largest absolute Gasteiger partial charge is 0.484 e. The van der Waals surface area contributed by atoms with Gasteiger partial charge in [-0.05, 0) is 31.2 Å². The van der Waals surface area contributed by atoms with Crippen LogP contribution in [0.2, 0.25) is 0 Å². The maximum Gasteiger partial charge on any atom is 0.260 e. The van der Waals surface area contributed by atoms with Crippen LogP contribution in [-0.2, 0) is 11.3 Å². The number of rotatable bonds is 7. The molecule has 3 aromatic rings. The molecule has 0 bridgehead atoms. The monoisotopic (exact) mass is 502 g/mol. The van der Waals surface area contributed by atoms with Crippen molar-refractivity contribution in [1.29, 1.82) is 0 Å². The van der Waals surface area contributed by atoms with Gasteiger partial charge in [-0.3, -0.25) is 19.5 Å². The molecule has 2 saturated heterocycles. The van der Waals surface area contributed by atoms with E-state index in [0.29, 0.717) is 44.4 Å². The zero-order valence-corrected chi connectivity index (χ0v) is 21.3. The second-order valence-electron chi connectivity index (χ2n) is 9.63. The first-order valence-corrected chi connectivity index (χ1v) is 12.9. The van der Waals surface area contributed by atoms with Crippen LogP contribution in [0.1, 0.15) is 11.3 Å². The van der Waals surface area contributed by atoms with Gasteiger partial charge in [-0.2, -0.15) is 0 Å². The van der Waals surface area contributed by atoms with Crippen LogP contribution in [0.4, 0.5) is 11.6 Å². The lowest BCUT2D eigenvalue weighted by Crippen LogP contribution is -2.50. The molecule has 37 heavy (non-hydrogen) atoms. The van der Waals surface area contributed by atoms with Crippen molar-refractivity contribution in [3.63, 3.8) is 0 Å². The average molecular weight is 503 g/mol. The van der Waals surface area contributed by atoms with E-state index in [1.54, 1.807) is 11.0 Å². The summed E-state index contributed by atoms with van der Waals surface area (Å²) in [6.07, 6.45) is 0. The summed E-state index contributed by atoms with van der Waals surface area (Å²) in [5, 5.41) is 0. The maximum atomic E-state index is 12.6. The number of ether oxygens (including phenoxy) is 1. The third-order valence-corrected chi connectivity index (χ3v) is 6.98. The highest BCUT2D eigenvalue weighted by molar-refractivity contribution is 5.78. The summed E-state index contributed by atoms with van der Waals surface area (Å²) < 4.78 is 5.60. The molecule has 9 nitrogen and oxygen atoms in total. The van der Waals surface area contributed by atoms with Crippen molar-refractivity contribution in [2.24, 2.45) is 0 Å². The van der Waals surface area contributed by atoms with Gasteiger partial charge in [0.1, 0.15) is 5.75 Å². The van der Waals surface area contributed by atoms with Crippen LogP contribution in [-0.4, -0.2) is 84.6 Å². The molecule has 0 aliphatic carbocycles. The molecule has 2 aliphatic heterocycles. The summed E-state index contributed by atoms with van der Waals surface area (Å²) >= 11 is 0. The summed E-state index contributed by atoms with van der Waals surface area (Å²) in [4.78, 5) is 41.2. The van der Waals surface area contributed by atoms with E-state index in [9.17, 15) is 9.59 Å². The Morgan fingerprint density at radius 2 is 1.57 bits per heavy atom. The fraction of sp³-hybridized carbons (Fsp3) is 0.393. The van der Waals surface area contributed by atoms with Gasteiger partial charge >= 0.3 is 0 Å². The Morgan fingerprint density at radius 3 is 2.27 bits per heavy atom. The summed E-state index contributed by atoms with van der Waals surface area (Å²) in [6, 6.07) is 19.6. The molecule has 9 heteroatoms. The molecule has 1 amide bonds. The maximum absolute atomic E-state index is 12.6. The number of piperazine rings is 2. The van der Waals surface area contributed by atoms with Crippen molar-refractivity contribution >= 4 is 17.5 Å². The number of aryl methyl sites for hydroxylation is 1. The van der Waals surface area contributed by atoms with Crippen molar-refractivity contribution in [2.75, 3.05) is 68.8 Å². The first-order valence-electron chi connectivity index (χ1n) is 12.9. The Kier molecular flexibility index (Phi) is 7.70. The molecule has 2 aliphatic rings. The first-order chi connectivity index (χ1) is 18.0. The third kappa shape index (κ3) is 6.48. The zero-order chi connectivity index (χ0) is 25.6. The molecule has 1 aromatic heterocycles. The van der Waals surface area contributed by atoms with Crippen LogP contribution in [0.15, 0.2) is 65.5 Å². The van der Waals surface area contributed by atoms with Gasteiger partial charge in [0.2, 0.25) is 5.95 Å². The highest BCUT2D eigenvalue weighted by Crippen LogP contribution is 2.18. The number of para-hydroxylation sites is 1. The van der Waals surface area contributed by atoms with E-state index in [2.05, 4.69) is 46.0 Å². The van der Waals surface area contributed by atoms with Crippen molar-refractivity contribution in [2.45, 2.75) is 13.5 Å². The van der Waals surface area contributed by atoms with Crippen LogP contribution >= 0.6 is 0 Å². The molecule has 3 heterocycles. The molecule has 0 unspecified atom stereocenters. The topological polar surface area (TPSA) is 85.0 Å². The predicted molar refractivity (Wildman–Crippen MR) is 144 cm³/mol. The molecule has 1 N–H and O–H groups in total. The number of anilines is 2. The van der Waals surface area contributed by atoms with Crippen LogP contribution in [0.5, 0.6) is 5.75 Å². The van der Waals surface area contributed by atoms with Crippen LogP contribution in [0.3, 0.4) is 0 Å². The SMILES string of the molecule is Cc1ccc(N2CCN(Cc3cc(=O)[nH]c(N4CCN(C(=O)COc5ccccc5)CC4)n3)CC2)cc1. The number of nitrogens with zero attached hydrogens (tertiary/aromatic N) is 5. The van der Waals surface area contributed by atoms with Gasteiger partial charge in [0.15, 0.2) is 6.61 Å². The lowest BCUT2D eigenvalue weighted by molar-refractivity contribution is -0.133. The number of H-pyrrole nitrogens is 1. The van der Waals surface area contributed by atoms with Crippen LogP contribution in [0.25, 0.3) is 0 Å². The van der Waals surface area contributed by atoms with Crippen molar-refractivity contribution in [1.82, 2.24) is 19.8 Å². The van der Waals surface area contributed by atoms with E-state index in [1.807, 2.05) is 35.2 Å². The van der Waals surface area contributed by atoms with Gasteiger partial charge in [0.25, 0.3) is 11.5 Å². The van der Waals surface area contributed by atoms with E-state index in [1.165, 1.54) is 11.3 Å². The number of carbonyl (C=O) groups excluding carboxylic acids is 1. The number of nitrogens with one attached hydrogen (secondary N) is 1. The van der Waals surface area contributed by atoms with E-state index in [4.69, 9.17) is 9.72 Å². The molecule has 2 fully saturated rings. The van der Waals surface area contributed by atoms with Gasteiger partial charge < -0.3 is 19.4 Å². The van der Waals surface area contributed by atoms with E-state index in [0.717, 1.165) is 31.9 Å². The summed E-state index contributed by atoms with van der Waals surface area (Å²) in [6.45, 7) is 8.85. The molecule has 5 rings (SSSR count). The molecular weight excluding hydrogens is 468 g/mol. The van der Waals surface area contributed by atoms with E-state index < -0.39 is 0 Å². The number of aromatic amines is 1. The number of hydrogen-bond donors (Lipinski definition) is 1. The average Bonchev–Trinajstić information content (AvgIpc) is 2.93. The summed E-state index contributed by atoms with van der Waals surface area (Å²) in [5.74, 6) is 1.22. The quantitative estimate of drug-likeness (QED) is 0.530. The number of aromatic nitrogens is 2. The summed E-state index contributed by atoms with van der Waals surface area (Å²) in [5.41, 5.74) is 3.15. The zero-order valence-electron chi connectivity index (χ0n) is 21.3. The Balaban J connectivity index is 1.12. The van der Waals surface area contributed by atoms with Gasteiger partial charge in [-0.15, -0.1) is 0 Å². The Labute approximate surface area is 217 Å². The molecule has 194 valence electrons. The smallest absolute Gasteiger partial charge is 0.260 e. The van der Waals surface area contributed by atoms with Crippen molar-refractivity contribution < 1.29 is 9.53 Å².